The third-order valence-electron chi connectivity index (χ3n) is 3.81. The van der Waals surface area contributed by atoms with Crippen molar-refractivity contribution in [1.29, 1.82) is 0 Å². The Bertz CT molecular complexity index is 981. The molecular formula is C17H17N5O4S. The second-order valence-electron chi connectivity index (χ2n) is 5.59. The Labute approximate surface area is 158 Å². The van der Waals surface area contributed by atoms with E-state index in [2.05, 4.69) is 15.5 Å². The lowest BCUT2D eigenvalue weighted by molar-refractivity contribution is -0.384. The summed E-state index contributed by atoms with van der Waals surface area (Å²) in [6.45, 7) is 4.46. The van der Waals surface area contributed by atoms with Gasteiger partial charge in [-0.25, -0.2) is 0 Å². The van der Waals surface area contributed by atoms with Crippen LogP contribution in [0.25, 0.3) is 11.4 Å². The molecular weight excluding hydrogens is 370 g/mol. The standard InChI is InChI=1S/C17H17N5O4S/c1-3-21-16(14-7-8-26-11(14)2)19-20-17(21)27-10-15(23)18-12-5-4-6-13(9-12)22(24)25/h4-9H,3,10H2,1-2H3,(H,18,23). The summed E-state index contributed by atoms with van der Waals surface area (Å²) in [7, 11) is 0. The van der Waals surface area contributed by atoms with Gasteiger partial charge in [0.1, 0.15) is 5.76 Å². The van der Waals surface area contributed by atoms with Gasteiger partial charge in [-0.1, -0.05) is 17.8 Å². The van der Waals surface area contributed by atoms with Crippen LogP contribution < -0.4 is 5.32 Å². The average Bonchev–Trinajstić information content (AvgIpc) is 3.25. The summed E-state index contributed by atoms with van der Waals surface area (Å²) in [5, 5.41) is 22.4. The highest BCUT2D eigenvalue weighted by molar-refractivity contribution is 7.99. The molecule has 140 valence electrons. The highest BCUT2D eigenvalue weighted by Gasteiger charge is 2.17. The van der Waals surface area contributed by atoms with Crippen LogP contribution in [0.15, 0.2) is 46.2 Å². The summed E-state index contributed by atoms with van der Waals surface area (Å²) in [6, 6.07) is 7.64. The van der Waals surface area contributed by atoms with Gasteiger partial charge in [-0.3, -0.25) is 14.9 Å². The third-order valence-corrected chi connectivity index (χ3v) is 4.77. The van der Waals surface area contributed by atoms with E-state index in [1.54, 1.807) is 12.3 Å². The number of anilines is 1. The van der Waals surface area contributed by atoms with Gasteiger partial charge in [-0.05, 0) is 26.0 Å². The van der Waals surface area contributed by atoms with E-state index < -0.39 is 4.92 Å². The minimum atomic E-state index is -0.506. The van der Waals surface area contributed by atoms with Crippen LogP contribution in [0.4, 0.5) is 11.4 Å². The Balaban J connectivity index is 1.67. The minimum Gasteiger partial charge on any atom is -0.469 e. The third kappa shape index (κ3) is 4.17. The molecule has 1 aromatic carbocycles. The topological polar surface area (TPSA) is 116 Å². The van der Waals surface area contributed by atoms with Crippen LogP contribution in [-0.2, 0) is 11.3 Å². The number of furan rings is 1. The van der Waals surface area contributed by atoms with E-state index in [1.807, 2.05) is 24.5 Å². The molecule has 1 amide bonds. The van der Waals surface area contributed by atoms with Gasteiger partial charge in [-0.2, -0.15) is 0 Å². The number of rotatable bonds is 7. The van der Waals surface area contributed by atoms with Gasteiger partial charge in [-0.15, -0.1) is 10.2 Å². The molecule has 0 saturated carbocycles. The largest absolute Gasteiger partial charge is 0.469 e. The SMILES string of the molecule is CCn1c(SCC(=O)Nc2cccc([N+](=O)[O-])c2)nnc1-c1ccoc1C. The first-order chi connectivity index (χ1) is 13.0. The molecule has 0 aliphatic carbocycles. The van der Waals surface area contributed by atoms with Crippen molar-refractivity contribution in [2.45, 2.75) is 25.5 Å². The number of non-ortho nitro benzene ring substituents is 1. The first-order valence-corrected chi connectivity index (χ1v) is 9.13. The highest BCUT2D eigenvalue weighted by atomic mass is 32.2. The number of nitrogens with one attached hydrogen (secondary N) is 1. The summed E-state index contributed by atoms with van der Waals surface area (Å²) >= 11 is 1.25. The van der Waals surface area contributed by atoms with Crippen LogP contribution in [0.3, 0.4) is 0 Å². The van der Waals surface area contributed by atoms with E-state index in [9.17, 15) is 14.9 Å². The summed E-state index contributed by atoms with van der Waals surface area (Å²) in [5.74, 6) is 1.25. The Hall–Kier alpha value is -3.14. The normalized spacial score (nSPS) is 10.7. The number of carbonyl (C=O) groups is 1. The van der Waals surface area contributed by atoms with Crippen molar-refractivity contribution in [3.05, 3.63) is 52.5 Å². The predicted molar refractivity (Wildman–Crippen MR) is 101 cm³/mol. The van der Waals surface area contributed by atoms with Gasteiger partial charge in [0.25, 0.3) is 5.69 Å². The van der Waals surface area contributed by atoms with E-state index >= 15 is 0 Å². The molecule has 0 bridgehead atoms. The van der Waals surface area contributed by atoms with Crippen molar-refractivity contribution in [1.82, 2.24) is 14.8 Å². The van der Waals surface area contributed by atoms with Crippen LogP contribution in [0.5, 0.6) is 0 Å². The van der Waals surface area contributed by atoms with Gasteiger partial charge < -0.3 is 14.3 Å². The Kier molecular flexibility index (Phi) is 5.55. The number of nitro benzene ring substituents is 1. The molecule has 1 N–H and O–H groups in total. The molecule has 27 heavy (non-hydrogen) atoms. The summed E-state index contributed by atoms with van der Waals surface area (Å²) in [4.78, 5) is 22.5. The molecule has 0 atom stereocenters. The van der Waals surface area contributed by atoms with Crippen LogP contribution in [0, 0.1) is 17.0 Å². The number of thioether (sulfide) groups is 1. The highest BCUT2D eigenvalue weighted by Crippen LogP contribution is 2.27. The lowest BCUT2D eigenvalue weighted by Crippen LogP contribution is -2.14. The summed E-state index contributed by atoms with van der Waals surface area (Å²) in [5.41, 5.74) is 1.16. The summed E-state index contributed by atoms with van der Waals surface area (Å²) in [6.07, 6.45) is 1.60. The maximum Gasteiger partial charge on any atom is 0.271 e. The second-order valence-corrected chi connectivity index (χ2v) is 6.53. The van der Waals surface area contributed by atoms with Crippen molar-refractivity contribution in [2.24, 2.45) is 0 Å². The molecule has 10 heteroatoms. The zero-order chi connectivity index (χ0) is 19.4. The van der Waals surface area contributed by atoms with Crippen LogP contribution in [-0.4, -0.2) is 31.3 Å². The molecule has 0 aliphatic heterocycles. The lowest BCUT2D eigenvalue weighted by atomic mass is 10.2. The molecule has 0 unspecified atom stereocenters. The van der Waals surface area contributed by atoms with Gasteiger partial charge >= 0.3 is 0 Å². The number of benzene rings is 1. The molecule has 0 aliphatic rings. The molecule has 0 spiro atoms. The first-order valence-electron chi connectivity index (χ1n) is 8.14. The predicted octanol–water partition coefficient (Wildman–Crippen LogP) is 3.51. The molecule has 3 aromatic rings. The van der Waals surface area contributed by atoms with Crippen molar-refractivity contribution < 1.29 is 14.1 Å². The molecule has 3 rings (SSSR count). The summed E-state index contributed by atoms with van der Waals surface area (Å²) < 4.78 is 7.22. The maximum atomic E-state index is 12.2. The van der Waals surface area contributed by atoms with Crippen molar-refractivity contribution in [3.8, 4) is 11.4 Å². The Morgan fingerprint density at radius 1 is 1.37 bits per heavy atom. The van der Waals surface area contributed by atoms with Crippen LogP contribution in [0.2, 0.25) is 0 Å². The van der Waals surface area contributed by atoms with Gasteiger partial charge in [0.15, 0.2) is 11.0 Å². The fourth-order valence-electron chi connectivity index (χ4n) is 2.52. The Morgan fingerprint density at radius 2 is 2.19 bits per heavy atom. The quantitative estimate of drug-likeness (QED) is 0.374. The van der Waals surface area contributed by atoms with Crippen molar-refractivity contribution in [3.63, 3.8) is 0 Å². The zero-order valence-electron chi connectivity index (χ0n) is 14.7. The minimum absolute atomic E-state index is 0.0775. The Morgan fingerprint density at radius 3 is 2.85 bits per heavy atom. The van der Waals surface area contributed by atoms with Crippen LogP contribution >= 0.6 is 11.8 Å². The molecule has 2 heterocycles. The number of amides is 1. The number of hydrogen-bond donors (Lipinski definition) is 1. The lowest BCUT2D eigenvalue weighted by Gasteiger charge is -2.07. The molecule has 9 nitrogen and oxygen atoms in total. The fraction of sp³-hybridized carbons (Fsp3) is 0.235. The van der Waals surface area contributed by atoms with E-state index in [0.717, 1.165) is 11.3 Å². The fourth-order valence-corrected chi connectivity index (χ4v) is 3.32. The van der Waals surface area contributed by atoms with Gasteiger partial charge in [0.05, 0.1) is 22.5 Å². The van der Waals surface area contributed by atoms with E-state index in [1.165, 1.54) is 30.0 Å². The first kappa shape index (κ1) is 18.6. The maximum absolute atomic E-state index is 12.2. The average molecular weight is 387 g/mol. The monoisotopic (exact) mass is 387 g/mol. The van der Waals surface area contributed by atoms with Crippen molar-refractivity contribution in [2.75, 3.05) is 11.1 Å². The number of nitrogens with zero attached hydrogens (tertiary/aromatic N) is 4. The van der Waals surface area contributed by atoms with E-state index in [0.29, 0.717) is 23.2 Å². The van der Waals surface area contributed by atoms with E-state index in [-0.39, 0.29) is 17.3 Å². The molecule has 0 saturated heterocycles. The molecule has 0 radical (unpaired) electrons. The van der Waals surface area contributed by atoms with Crippen LogP contribution in [0.1, 0.15) is 12.7 Å². The molecule has 2 aromatic heterocycles. The number of nitro groups is 1. The second kappa shape index (κ2) is 8.04. The zero-order valence-corrected chi connectivity index (χ0v) is 15.5. The van der Waals surface area contributed by atoms with Crippen molar-refractivity contribution >= 4 is 29.0 Å². The number of carbonyl (C=O) groups excluding carboxylic acids is 1. The van der Waals surface area contributed by atoms with Gasteiger partial charge in [0.2, 0.25) is 5.91 Å². The molecule has 0 fully saturated rings. The van der Waals surface area contributed by atoms with Gasteiger partial charge in [0, 0.05) is 24.4 Å². The number of aromatic nitrogens is 3. The number of hydrogen-bond acceptors (Lipinski definition) is 7. The smallest absolute Gasteiger partial charge is 0.271 e. The number of aryl methyl sites for hydroxylation is 1. The van der Waals surface area contributed by atoms with E-state index in [4.69, 9.17) is 4.42 Å².